The van der Waals surface area contributed by atoms with E-state index in [1.165, 1.54) is 30.8 Å². The summed E-state index contributed by atoms with van der Waals surface area (Å²) >= 11 is 0. The van der Waals surface area contributed by atoms with E-state index >= 15 is 0 Å². The zero-order chi connectivity index (χ0) is 26.5. The summed E-state index contributed by atoms with van der Waals surface area (Å²) in [4.78, 5) is 11.9. The van der Waals surface area contributed by atoms with Crippen molar-refractivity contribution >= 4 is 60.8 Å². The van der Waals surface area contributed by atoms with Gasteiger partial charge in [-0.25, -0.2) is 12.8 Å². The third-order valence-corrected chi connectivity index (χ3v) is 6.40. The number of nitrogens with one attached hydrogen (secondary N) is 2. The van der Waals surface area contributed by atoms with Crippen LogP contribution in [0, 0.1) is 12.7 Å². The molecule has 0 aliphatic heterocycles. The van der Waals surface area contributed by atoms with Crippen molar-refractivity contribution in [3.05, 3.63) is 47.5 Å². The molecule has 0 saturated carbocycles. The van der Waals surface area contributed by atoms with Gasteiger partial charge in [-0.2, -0.15) is 4.72 Å². The van der Waals surface area contributed by atoms with Crippen molar-refractivity contribution in [3.63, 3.8) is 0 Å². The van der Waals surface area contributed by atoms with Crippen molar-refractivity contribution < 1.29 is 38.0 Å². The second-order valence-corrected chi connectivity index (χ2v) is 9.50. The molecule has 2 rings (SSSR count). The van der Waals surface area contributed by atoms with E-state index < -0.39 is 48.7 Å². The number of carbonyl (C=O) groups is 1. The maximum absolute atomic E-state index is 13.4. The average molecular weight is 480 g/mol. The van der Waals surface area contributed by atoms with Crippen LogP contribution in [0.3, 0.4) is 0 Å². The molecule has 1 amide bonds. The number of hydrogen-bond acceptors (Lipinski definition) is 7. The topological polar surface area (TPSA) is 161 Å². The fourth-order valence-electron chi connectivity index (χ4n) is 3.23. The van der Waals surface area contributed by atoms with Gasteiger partial charge in [0.15, 0.2) is 7.85 Å². The molecule has 10 radical (unpaired) electrons. The van der Waals surface area contributed by atoms with Gasteiger partial charge in [0.2, 0.25) is 10.0 Å². The van der Waals surface area contributed by atoms with E-state index in [1.807, 2.05) is 0 Å². The highest BCUT2D eigenvalue weighted by atomic mass is 32.2. The van der Waals surface area contributed by atoms with Gasteiger partial charge in [-0.15, -0.1) is 0 Å². The second-order valence-electron chi connectivity index (χ2n) is 7.82. The normalized spacial score (nSPS) is 13.6. The van der Waals surface area contributed by atoms with E-state index in [2.05, 4.69) is 5.32 Å². The third kappa shape index (κ3) is 5.14. The van der Waals surface area contributed by atoms with Crippen molar-refractivity contribution in [1.29, 1.82) is 0 Å². The lowest BCUT2D eigenvalue weighted by molar-refractivity contribution is -0.197. The predicted octanol–water partition coefficient (Wildman–Crippen LogP) is -3.48. The van der Waals surface area contributed by atoms with Crippen molar-refractivity contribution in [1.82, 2.24) is 9.29 Å². The number of aryl methyl sites for hydroxylation is 2. The molecule has 1 aromatic heterocycles. The summed E-state index contributed by atoms with van der Waals surface area (Å²) in [6, 6.07) is 4.59. The first kappa shape index (κ1) is 28.2. The van der Waals surface area contributed by atoms with E-state index in [1.54, 1.807) is 0 Å². The summed E-state index contributed by atoms with van der Waals surface area (Å²) in [5.74, 6) is -1.30. The standard InChI is InChI=1S/C17H17B5FN3O7S/c1-8-5-9(3-4-11(8)23)24-13(27)12-6-10(7-26(12)2)34(32,33)25-14(15(18,19)28,16(20,21)29)17(22,30)31/h3-7,25,28-31H,1-2H3,(H,24,27). The smallest absolute Gasteiger partial charge is 0.272 e. The van der Waals surface area contributed by atoms with Crippen LogP contribution in [0.5, 0.6) is 0 Å². The molecule has 0 aliphatic rings. The summed E-state index contributed by atoms with van der Waals surface area (Å²) in [6.07, 6.45) is 0.906. The minimum Gasteiger partial charge on any atom is -0.407 e. The summed E-state index contributed by atoms with van der Waals surface area (Å²) in [7, 11) is 22.4. The Morgan fingerprint density at radius 1 is 1.03 bits per heavy atom. The van der Waals surface area contributed by atoms with Crippen LogP contribution < -0.4 is 10.0 Å². The highest BCUT2D eigenvalue weighted by Gasteiger charge is 2.63. The number of aromatic nitrogens is 1. The molecule has 170 valence electrons. The van der Waals surface area contributed by atoms with Crippen molar-refractivity contribution in [3.8, 4) is 0 Å². The fourth-order valence-corrected chi connectivity index (χ4v) is 4.80. The largest absolute Gasteiger partial charge is 0.407 e. The number of anilines is 1. The Labute approximate surface area is 202 Å². The first-order chi connectivity index (χ1) is 15.1. The van der Waals surface area contributed by atoms with Crippen LogP contribution in [0.1, 0.15) is 16.1 Å². The average Bonchev–Trinajstić information content (AvgIpc) is 3.02. The van der Waals surface area contributed by atoms with E-state index in [0.717, 1.165) is 22.9 Å². The van der Waals surface area contributed by atoms with Crippen LogP contribution in [0.2, 0.25) is 0 Å². The Balaban J connectivity index is 2.50. The van der Waals surface area contributed by atoms with Crippen LogP contribution >= 0.6 is 0 Å². The Kier molecular flexibility index (Phi) is 7.37. The summed E-state index contributed by atoms with van der Waals surface area (Å²) in [5.41, 5.74) is -7.40. The van der Waals surface area contributed by atoms with Crippen LogP contribution in [-0.2, 0) is 17.1 Å². The molecule has 0 atom stereocenters. The fraction of sp³-hybridized carbons (Fsp3) is 0.353. The number of hydrogen-bond donors (Lipinski definition) is 6. The molecule has 34 heavy (non-hydrogen) atoms. The maximum Gasteiger partial charge on any atom is 0.272 e. The summed E-state index contributed by atoms with van der Waals surface area (Å²) < 4.78 is 42.0. The lowest BCUT2D eigenvalue weighted by atomic mass is 9.37. The molecule has 0 saturated heterocycles. The quantitative estimate of drug-likeness (QED) is 0.169. The Morgan fingerprint density at radius 2 is 1.56 bits per heavy atom. The molecule has 0 bridgehead atoms. The van der Waals surface area contributed by atoms with Crippen molar-refractivity contribution in [2.45, 2.75) is 33.8 Å². The highest BCUT2D eigenvalue weighted by Crippen LogP contribution is 2.36. The van der Waals surface area contributed by atoms with Crippen LogP contribution in [0.15, 0.2) is 35.4 Å². The third-order valence-electron chi connectivity index (χ3n) is 4.98. The Morgan fingerprint density at radius 3 is 2.00 bits per heavy atom. The van der Waals surface area contributed by atoms with Gasteiger partial charge in [0.25, 0.3) is 5.91 Å². The van der Waals surface area contributed by atoms with Gasteiger partial charge < -0.3 is 30.3 Å². The number of aliphatic hydroxyl groups is 4. The number of nitrogens with zero attached hydrogens (tertiary/aromatic N) is 1. The van der Waals surface area contributed by atoms with Gasteiger partial charge in [-0.05, 0) is 36.8 Å². The monoisotopic (exact) mass is 481 g/mol. The van der Waals surface area contributed by atoms with E-state index in [4.69, 9.17) is 39.2 Å². The first-order valence-corrected chi connectivity index (χ1v) is 10.7. The van der Waals surface area contributed by atoms with E-state index in [-0.39, 0.29) is 16.9 Å². The number of amides is 1. The number of benzene rings is 1. The van der Waals surface area contributed by atoms with Crippen LogP contribution in [0.25, 0.3) is 0 Å². The van der Waals surface area contributed by atoms with Crippen LogP contribution in [-0.4, -0.2) is 101 Å². The van der Waals surface area contributed by atoms with E-state index in [9.17, 15) is 38.0 Å². The first-order valence-electron chi connectivity index (χ1n) is 9.26. The minimum atomic E-state index is -5.03. The number of carbonyl (C=O) groups excluding carboxylic acids is 1. The molecular weight excluding hydrogens is 463 g/mol. The van der Waals surface area contributed by atoms with Crippen LogP contribution in [0.4, 0.5) is 10.1 Å². The van der Waals surface area contributed by atoms with Gasteiger partial charge in [0.05, 0.1) is 5.54 Å². The highest BCUT2D eigenvalue weighted by molar-refractivity contribution is 7.89. The number of halogens is 1. The number of rotatable bonds is 8. The van der Waals surface area contributed by atoms with Gasteiger partial charge in [-0.1, -0.05) is 0 Å². The SMILES string of the molecule is [B]C([B])(O)C(NS(=O)(=O)c1cc(C(=O)Nc2ccc(F)c(C)c2)n(C)c1)(C([B])([B])O)C([B])(O)O. The van der Waals surface area contributed by atoms with Gasteiger partial charge >= 0.3 is 0 Å². The maximum atomic E-state index is 13.4. The summed E-state index contributed by atoms with van der Waals surface area (Å²) in [6.45, 7) is 1.47. The zero-order valence-electron chi connectivity index (χ0n) is 18.0. The molecule has 6 N–H and O–H groups in total. The lowest BCUT2D eigenvalue weighted by Crippen LogP contribution is -2.86. The van der Waals surface area contributed by atoms with Crippen molar-refractivity contribution in [2.24, 2.45) is 7.05 Å². The second kappa shape index (κ2) is 8.88. The molecule has 1 heterocycles. The molecule has 2 aromatic rings. The van der Waals surface area contributed by atoms with Gasteiger partial charge in [0, 0.05) is 29.7 Å². The zero-order valence-corrected chi connectivity index (χ0v) is 18.8. The number of sulfonamides is 1. The molecule has 1 aromatic carbocycles. The Hall–Kier alpha value is -2.03. The molecular formula is C17H17B5FN3O7S. The molecule has 0 spiro atoms. The predicted molar refractivity (Wildman–Crippen MR) is 123 cm³/mol. The molecule has 0 aliphatic carbocycles. The van der Waals surface area contributed by atoms with Gasteiger partial charge in [0.1, 0.15) is 53.5 Å². The molecule has 0 unspecified atom stereocenters. The molecule has 10 nitrogen and oxygen atoms in total. The molecule has 17 heteroatoms. The van der Waals surface area contributed by atoms with E-state index in [0.29, 0.717) is 0 Å². The lowest BCUT2D eigenvalue weighted by Gasteiger charge is -2.58. The van der Waals surface area contributed by atoms with Gasteiger partial charge in [-0.3, -0.25) is 4.79 Å². The summed E-state index contributed by atoms with van der Waals surface area (Å²) in [5, 5.41) is 35.4. The molecule has 0 fully saturated rings. The minimum absolute atomic E-state index is 0.216. The Bertz CT molecular complexity index is 1170. The van der Waals surface area contributed by atoms with Crippen molar-refractivity contribution in [2.75, 3.05) is 5.32 Å².